The largest absolute Gasteiger partial charge is 0.481 e. The second-order valence-electron chi connectivity index (χ2n) is 6.86. The highest BCUT2D eigenvalue weighted by molar-refractivity contribution is 5.94. The number of aliphatic carboxylic acids is 2. The van der Waals surface area contributed by atoms with Crippen molar-refractivity contribution in [2.75, 3.05) is 6.54 Å². The van der Waals surface area contributed by atoms with E-state index in [4.69, 9.17) is 15.9 Å². The fourth-order valence-electron chi connectivity index (χ4n) is 2.35. The van der Waals surface area contributed by atoms with Crippen LogP contribution in [0.3, 0.4) is 0 Å². The molecule has 160 valence electrons. The molecule has 4 atom stereocenters. The van der Waals surface area contributed by atoms with E-state index < -0.39 is 54.2 Å². The molecule has 0 heterocycles. The van der Waals surface area contributed by atoms with Crippen molar-refractivity contribution in [3.8, 4) is 0 Å². The van der Waals surface area contributed by atoms with Crippen molar-refractivity contribution in [3.05, 3.63) is 0 Å². The zero-order valence-electron chi connectivity index (χ0n) is 16.5. The van der Waals surface area contributed by atoms with Gasteiger partial charge in [-0.3, -0.25) is 19.2 Å². The van der Waals surface area contributed by atoms with Crippen molar-refractivity contribution < 1.29 is 34.2 Å². The smallest absolute Gasteiger partial charge is 0.326 e. The van der Waals surface area contributed by atoms with E-state index >= 15 is 0 Å². The highest BCUT2D eigenvalue weighted by atomic mass is 16.4. The number of nitrogens with two attached hydrogens (primary N) is 1. The van der Waals surface area contributed by atoms with Crippen molar-refractivity contribution in [1.82, 2.24) is 16.0 Å². The third-order valence-corrected chi connectivity index (χ3v) is 4.24. The van der Waals surface area contributed by atoms with E-state index in [1.165, 1.54) is 0 Å². The summed E-state index contributed by atoms with van der Waals surface area (Å²) in [6, 6.07) is -3.68. The zero-order valence-corrected chi connectivity index (χ0v) is 16.5. The maximum Gasteiger partial charge on any atom is 0.326 e. The van der Waals surface area contributed by atoms with E-state index in [1.54, 1.807) is 27.7 Å². The quantitative estimate of drug-likeness (QED) is 0.231. The zero-order chi connectivity index (χ0) is 22.0. The maximum absolute atomic E-state index is 12.6. The molecule has 0 radical (unpaired) electrons. The lowest BCUT2D eigenvalue weighted by atomic mass is 9.96. The summed E-state index contributed by atoms with van der Waals surface area (Å²) in [7, 11) is 0. The minimum Gasteiger partial charge on any atom is -0.481 e. The number of rotatable bonds is 12. The van der Waals surface area contributed by atoms with Gasteiger partial charge in [0, 0.05) is 0 Å². The van der Waals surface area contributed by atoms with Crippen molar-refractivity contribution in [3.63, 3.8) is 0 Å². The molecular formula is C17H30N4O7. The number of carbonyl (C=O) groups is 5. The number of carboxylic acid groups (broad SMARTS) is 2. The molecule has 11 heteroatoms. The molecule has 11 nitrogen and oxygen atoms in total. The molecular weight excluding hydrogens is 372 g/mol. The van der Waals surface area contributed by atoms with Crippen LogP contribution in [0.1, 0.15) is 40.5 Å². The summed E-state index contributed by atoms with van der Waals surface area (Å²) in [6.45, 7) is 6.56. The van der Waals surface area contributed by atoms with Gasteiger partial charge in [0.25, 0.3) is 0 Å². The Morgan fingerprint density at radius 3 is 1.82 bits per heavy atom. The Labute approximate surface area is 163 Å². The maximum atomic E-state index is 12.6. The van der Waals surface area contributed by atoms with Crippen molar-refractivity contribution in [2.45, 2.75) is 58.7 Å². The number of amides is 3. The molecule has 0 aliphatic carbocycles. The summed E-state index contributed by atoms with van der Waals surface area (Å²) >= 11 is 0. The average molecular weight is 402 g/mol. The van der Waals surface area contributed by atoms with Crippen LogP contribution in [0.15, 0.2) is 0 Å². The SMILES string of the molecule is CCC(C)C(NC(=O)C(NC(=O)CN)C(C)C)C(=O)NC(CC(=O)O)C(=O)O. The fraction of sp³-hybridized carbons (Fsp3) is 0.706. The van der Waals surface area contributed by atoms with Gasteiger partial charge in [-0.15, -0.1) is 0 Å². The Balaban J connectivity index is 5.41. The van der Waals surface area contributed by atoms with Gasteiger partial charge < -0.3 is 31.9 Å². The molecule has 28 heavy (non-hydrogen) atoms. The summed E-state index contributed by atoms with van der Waals surface area (Å²) in [6.07, 6.45) is -0.319. The summed E-state index contributed by atoms with van der Waals surface area (Å²) in [5.74, 6) is -5.53. The number of hydrogen-bond acceptors (Lipinski definition) is 6. The number of nitrogens with one attached hydrogen (secondary N) is 3. The Kier molecular flexibility index (Phi) is 10.8. The molecule has 0 bridgehead atoms. The minimum absolute atomic E-state index is 0.296. The van der Waals surface area contributed by atoms with Crippen molar-refractivity contribution in [1.29, 1.82) is 0 Å². The summed E-state index contributed by atoms with van der Waals surface area (Å²) in [4.78, 5) is 58.7. The number of carboxylic acids is 2. The topological polar surface area (TPSA) is 188 Å². The fourth-order valence-corrected chi connectivity index (χ4v) is 2.35. The molecule has 0 aromatic heterocycles. The van der Waals surface area contributed by atoms with Gasteiger partial charge in [0.15, 0.2) is 0 Å². The lowest BCUT2D eigenvalue weighted by molar-refractivity contribution is -0.147. The van der Waals surface area contributed by atoms with Crippen LogP contribution in [0, 0.1) is 11.8 Å². The summed E-state index contributed by atoms with van der Waals surface area (Å²) < 4.78 is 0. The van der Waals surface area contributed by atoms with Gasteiger partial charge in [-0.1, -0.05) is 34.1 Å². The number of carbonyl (C=O) groups excluding carboxylic acids is 3. The molecule has 0 fully saturated rings. The van der Waals surface area contributed by atoms with Crippen LogP contribution < -0.4 is 21.7 Å². The molecule has 0 rings (SSSR count). The molecule has 4 unspecified atom stereocenters. The Hall–Kier alpha value is -2.69. The Morgan fingerprint density at radius 1 is 0.893 bits per heavy atom. The highest BCUT2D eigenvalue weighted by Crippen LogP contribution is 2.11. The van der Waals surface area contributed by atoms with Crippen molar-refractivity contribution in [2.24, 2.45) is 17.6 Å². The molecule has 0 spiro atoms. The summed E-state index contributed by atoms with van der Waals surface area (Å²) in [5, 5.41) is 25.0. The first-order valence-corrected chi connectivity index (χ1v) is 8.99. The molecule has 3 amide bonds. The molecule has 0 saturated heterocycles. The van der Waals surface area contributed by atoms with Gasteiger partial charge in [0.2, 0.25) is 17.7 Å². The lowest BCUT2D eigenvalue weighted by Gasteiger charge is -2.28. The van der Waals surface area contributed by atoms with Gasteiger partial charge >= 0.3 is 11.9 Å². The van der Waals surface area contributed by atoms with Crippen LogP contribution in [0.25, 0.3) is 0 Å². The van der Waals surface area contributed by atoms with E-state index in [0.717, 1.165) is 0 Å². The molecule has 0 aliphatic rings. The van der Waals surface area contributed by atoms with Crippen LogP contribution in [0.2, 0.25) is 0 Å². The predicted octanol–water partition coefficient (Wildman–Crippen LogP) is -1.34. The van der Waals surface area contributed by atoms with E-state index in [-0.39, 0.29) is 18.4 Å². The minimum atomic E-state index is -1.63. The van der Waals surface area contributed by atoms with Crippen LogP contribution in [0.5, 0.6) is 0 Å². The van der Waals surface area contributed by atoms with Gasteiger partial charge in [0.05, 0.1) is 13.0 Å². The van der Waals surface area contributed by atoms with Gasteiger partial charge in [-0.05, 0) is 11.8 Å². The standard InChI is InChI=1S/C17H30N4O7/c1-5-9(4)14(16(26)19-10(17(27)28)6-12(23)24)21-15(25)13(8(2)3)20-11(22)7-18/h8-10,13-14H,5-7,18H2,1-4H3,(H,19,26)(H,20,22)(H,21,25)(H,23,24)(H,27,28). The third kappa shape index (κ3) is 8.33. The van der Waals surface area contributed by atoms with E-state index in [1.807, 2.05) is 0 Å². The second-order valence-corrected chi connectivity index (χ2v) is 6.86. The molecule has 0 saturated carbocycles. The van der Waals surface area contributed by atoms with Crippen LogP contribution in [-0.4, -0.2) is 64.5 Å². The molecule has 0 aromatic rings. The monoisotopic (exact) mass is 402 g/mol. The van der Waals surface area contributed by atoms with E-state index in [2.05, 4.69) is 16.0 Å². The van der Waals surface area contributed by atoms with Crippen LogP contribution >= 0.6 is 0 Å². The molecule has 7 N–H and O–H groups in total. The van der Waals surface area contributed by atoms with E-state index in [9.17, 15) is 24.0 Å². The molecule has 0 aromatic carbocycles. The Morgan fingerprint density at radius 2 is 1.43 bits per heavy atom. The summed E-state index contributed by atoms with van der Waals surface area (Å²) in [5.41, 5.74) is 5.25. The lowest BCUT2D eigenvalue weighted by Crippen LogP contribution is -2.59. The second kappa shape index (κ2) is 11.9. The van der Waals surface area contributed by atoms with Crippen LogP contribution in [0.4, 0.5) is 0 Å². The average Bonchev–Trinajstić information content (AvgIpc) is 2.61. The van der Waals surface area contributed by atoms with Gasteiger partial charge in [0.1, 0.15) is 18.1 Å². The third-order valence-electron chi connectivity index (χ3n) is 4.24. The number of hydrogen-bond donors (Lipinski definition) is 6. The first kappa shape index (κ1) is 25.3. The molecule has 0 aliphatic heterocycles. The van der Waals surface area contributed by atoms with Gasteiger partial charge in [-0.25, -0.2) is 4.79 Å². The van der Waals surface area contributed by atoms with Crippen molar-refractivity contribution >= 4 is 29.7 Å². The highest BCUT2D eigenvalue weighted by Gasteiger charge is 2.33. The van der Waals surface area contributed by atoms with Crippen LogP contribution in [-0.2, 0) is 24.0 Å². The predicted molar refractivity (Wildman–Crippen MR) is 99.0 cm³/mol. The first-order valence-electron chi connectivity index (χ1n) is 8.99. The normalized spacial score (nSPS) is 15.1. The van der Waals surface area contributed by atoms with E-state index in [0.29, 0.717) is 6.42 Å². The van der Waals surface area contributed by atoms with Gasteiger partial charge in [-0.2, -0.15) is 0 Å². The first-order chi connectivity index (χ1) is 12.9. The Bertz CT molecular complexity index is 594.